The first-order valence-corrected chi connectivity index (χ1v) is 11.4. The number of carbonyl (C=O) groups is 1. The SMILES string of the molecule is Nc1ccc2c(c1)NC(N1CCC3(CC1)C(=O)N(c1ccc(F)c(O)c1)C3c1ccccn1)N2. The van der Waals surface area contributed by atoms with Crippen LogP contribution >= 0.6 is 0 Å². The number of hydrogen-bond acceptors (Lipinski definition) is 7. The zero-order chi connectivity index (χ0) is 23.4. The van der Waals surface area contributed by atoms with Crippen LogP contribution in [0.2, 0.25) is 0 Å². The molecule has 174 valence electrons. The van der Waals surface area contributed by atoms with Crippen LogP contribution in [-0.2, 0) is 4.79 Å². The molecule has 34 heavy (non-hydrogen) atoms. The van der Waals surface area contributed by atoms with Crippen molar-refractivity contribution in [2.75, 3.05) is 34.4 Å². The number of nitrogens with two attached hydrogens (primary N) is 1. The van der Waals surface area contributed by atoms with Gasteiger partial charge in [0.15, 0.2) is 17.9 Å². The van der Waals surface area contributed by atoms with Crippen LogP contribution in [0.15, 0.2) is 60.8 Å². The van der Waals surface area contributed by atoms with E-state index >= 15 is 0 Å². The number of nitrogens with one attached hydrogen (secondary N) is 2. The van der Waals surface area contributed by atoms with Crippen molar-refractivity contribution in [3.05, 3.63) is 72.3 Å². The maximum absolute atomic E-state index is 13.7. The number of aromatic hydroxyl groups is 1. The van der Waals surface area contributed by atoms with Crippen molar-refractivity contribution >= 4 is 28.7 Å². The number of amides is 1. The Balaban J connectivity index is 1.25. The van der Waals surface area contributed by atoms with Gasteiger partial charge in [0.2, 0.25) is 5.91 Å². The number of phenols is 1. The van der Waals surface area contributed by atoms with E-state index in [4.69, 9.17) is 5.73 Å². The number of aromatic nitrogens is 1. The Morgan fingerprint density at radius 3 is 2.59 bits per heavy atom. The molecule has 4 heterocycles. The van der Waals surface area contributed by atoms with E-state index in [-0.39, 0.29) is 18.2 Å². The summed E-state index contributed by atoms with van der Waals surface area (Å²) in [5, 5.41) is 16.9. The Bertz CT molecular complexity index is 1260. The zero-order valence-electron chi connectivity index (χ0n) is 18.4. The Morgan fingerprint density at radius 1 is 1.06 bits per heavy atom. The summed E-state index contributed by atoms with van der Waals surface area (Å²) in [6.07, 6.45) is 2.98. The van der Waals surface area contributed by atoms with Gasteiger partial charge in [-0.3, -0.25) is 14.7 Å². The van der Waals surface area contributed by atoms with Gasteiger partial charge in [-0.25, -0.2) is 4.39 Å². The zero-order valence-corrected chi connectivity index (χ0v) is 18.4. The number of hydrogen-bond donors (Lipinski definition) is 4. The number of likely N-dealkylation sites (tertiary alicyclic amines) is 1. The molecule has 0 saturated carbocycles. The van der Waals surface area contributed by atoms with Crippen molar-refractivity contribution in [1.29, 1.82) is 0 Å². The molecule has 0 radical (unpaired) electrons. The summed E-state index contributed by atoms with van der Waals surface area (Å²) in [5.41, 5.74) is 9.27. The number of piperidine rings is 1. The predicted octanol–water partition coefficient (Wildman–Crippen LogP) is 3.50. The normalized spacial score (nSPS) is 23.2. The van der Waals surface area contributed by atoms with Gasteiger partial charge in [0.25, 0.3) is 0 Å². The van der Waals surface area contributed by atoms with Gasteiger partial charge in [-0.1, -0.05) is 6.07 Å². The minimum Gasteiger partial charge on any atom is -0.505 e. The van der Waals surface area contributed by atoms with E-state index in [9.17, 15) is 14.3 Å². The molecular formula is C25H25FN6O2. The minimum atomic E-state index is -0.714. The van der Waals surface area contributed by atoms with Crippen molar-refractivity contribution in [2.45, 2.75) is 25.2 Å². The number of phenolic OH excluding ortho intramolecular Hbond substituents is 1. The summed E-state index contributed by atoms with van der Waals surface area (Å²) in [6, 6.07) is 15.1. The van der Waals surface area contributed by atoms with E-state index in [0.29, 0.717) is 37.3 Å². The van der Waals surface area contributed by atoms with Crippen molar-refractivity contribution in [3.8, 4) is 5.75 Å². The molecule has 3 aliphatic heterocycles. The lowest BCUT2D eigenvalue weighted by molar-refractivity contribution is -0.145. The van der Waals surface area contributed by atoms with Crippen LogP contribution in [0.25, 0.3) is 0 Å². The fourth-order valence-corrected chi connectivity index (χ4v) is 5.51. The third-order valence-electron chi connectivity index (χ3n) is 7.29. The topological polar surface area (TPSA) is 107 Å². The van der Waals surface area contributed by atoms with Crippen LogP contribution in [0.5, 0.6) is 5.75 Å². The highest BCUT2D eigenvalue weighted by Crippen LogP contribution is 2.57. The number of nitrogens with zero attached hydrogens (tertiary/aromatic N) is 3. The third-order valence-corrected chi connectivity index (χ3v) is 7.29. The van der Waals surface area contributed by atoms with Gasteiger partial charge in [0, 0.05) is 36.7 Å². The van der Waals surface area contributed by atoms with Gasteiger partial charge in [-0.2, -0.15) is 0 Å². The molecule has 5 N–H and O–H groups in total. The average molecular weight is 461 g/mol. The first-order chi connectivity index (χ1) is 16.5. The largest absolute Gasteiger partial charge is 0.505 e. The fraction of sp³-hybridized carbons (Fsp3) is 0.280. The van der Waals surface area contributed by atoms with Gasteiger partial charge >= 0.3 is 0 Å². The van der Waals surface area contributed by atoms with Gasteiger partial charge in [-0.05, 0) is 55.3 Å². The van der Waals surface area contributed by atoms with Crippen molar-refractivity contribution in [3.63, 3.8) is 0 Å². The number of β-lactam (4-membered cyclic amide) rings is 1. The van der Waals surface area contributed by atoms with Crippen LogP contribution in [0, 0.1) is 11.2 Å². The summed E-state index contributed by atoms with van der Waals surface area (Å²) in [5.74, 6) is -1.20. The van der Waals surface area contributed by atoms with Crippen LogP contribution in [0.3, 0.4) is 0 Å². The van der Waals surface area contributed by atoms with Crippen molar-refractivity contribution in [2.24, 2.45) is 5.41 Å². The molecule has 2 atom stereocenters. The lowest BCUT2D eigenvalue weighted by atomic mass is 9.63. The van der Waals surface area contributed by atoms with Crippen molar-refractivity contribution < 1.29 is 14.3 Å². The highest BCUT2D eigenvalue weighted by atomic mass is 19.1. The van der Waals surface area contributed by atoms with Gasteiger partial charge < -0.3 is 26.4 Å². The second-order valence-corrected chi connectivity index (χ2v) is 9.16. The smallest absolute Gasteiger partial charge is 0.236 e. The summed E-state index contributed by atoms with van der Waals surface area (Å²) in [4.78, 5) is 22.1. The van der Waals surface area contributed by atoms with Crippen LogP contribution < -0.4 is 21.3 Å². The first-order valence-electron chi connectivity index (χ1n) is 11.4. The quantitative estimate of drug-likeness (QED) is 0.350. The molecule has 1 aromatic heterocycles. The Labute approximate surface area is 196 Å². The number of rotatable bonds is 3. The molecule has 0 aliphatic carbocycles. The molecule has 6 rings (SSSR count). The molecule has 2 aromatic carbocycles. The molecule has 8 nitrogen and oxygen atoms in total. The molecule has 3 aliphatic rings. The lowest BCUT2D eigenvalue weighted by Crippen LogP contribution is -2.67. The van der Waals surface area contributed by atoms with Crippen molar-refractivity contribution in [1.82, 2.24) is 9.88 Å². The van der Waals surface area contributed by atoms with E-state index < -0.39 is 17.0 Å². The molecule has 3 aromatic rings. The monoisotopic (exact) mass is 460 g/mol. The number of nitrogen functional groups attached to an aromatic ring is 1. The summed E-state index contributed by atoms with van der Waals surface area (Å²) < 4.78 is 13.7. The fourth-order valence-electron chi connectivity index (χ4n) is 5.51. The molecule has 1 spiro atoms. The third kappa shape index (κ3) is 3.07. The van der Waals surface area contributed by atoms with Crippen LogP contribution in [0.4, 0.5) is 27.1 Å². The summed E-state index contributed by atoms with van der Waals surface area (Å²) in [7, 11) is 0. The average Bonchev–Trinajstić information content (AvgIpc) is 3.28. The summed E-state index contributed by atoms with van der Waals surface area (Å²) in [6.45, 7) is 1.43. The molecule has 0 bridgehead atoms. The Morgan fingerprint density at radius 2 is 1.85 bits per heavy atom. The van der Waals surface area contributed by atoms with Gasteiger partial charge in [-0.15, -0.1) is 0 Å². The second kappa shape index (κ2) is 7.59. The van der Waals surface area contributed by atoms with Crippen LogP contribution in [-0.4, -0.2) is 40.3 Å². The highest BCUT2D eigenvalue weighted by molar-refractivity contribution is 6.06. The number of anilines is 4. The predicted molar refractivity (Wildman–Crippen MR) is 128 cm³/mol. The van der Waals surface area contributed by atoms with Gasteiger partial charge in [0.05, 0.1) is 28.5 Å². The number of carbonyl (C=O) groups excluding carboxylic acids is 1. The molecule has 1 amide bonds. The number of fused-ring (bicyclic) bond motifs is 1. The van der Waals surface area contributed by atoms with E-state index in [1.807, 2.05) is 36.4 Å². The molecular weight excluding hydrogens is 435 g/mol. The molecule has 2 unspecified atom stereocenters. The summed E-state index contributed by atoms with van der Waals surface area (Å²) >= 11 is 0. The molecule has 2 fully saturated rings. The number of halogens is 1. The lowest BCUT2D eigenvalue weighted by Gasteiger charge is -2.58. The number of pyridine rings is 1. The highest BCUT2D eigenvalue weighted by Gasteiger charge is 2.62. The van der Waals surface area contributed by atoms with Crippen LogP contribution in [0.1, 0.15) is 24.6 Å². The second-order valence-electron chi connectivity index (χ2n) is 9.16. The van der Waals surface area contributed by atoms with E-state index in [1.165, 1.54) is 18.2 Å². The minimum absolute atomic E-state index is 0.0165. The number of benzene rings is 2. The van der Waals surface area contributed by atoms with E-state index in [0.717, 1.165) is 17.1 Å². The molecule has 9 heteroatoms. The van der Waals surface area contributed by atoms with E-state index in [1.54, 1.807) is 11.1 Å². The molecule has 2 saturated heterocycles. The maximum atomic E-state index is 13.7. The Hall–Kier alpha value is -3.85. The standard InChI is InChI=1S/C25H25FN6O2/c26-17-6-5-16(14-21(17)33)32-22(19-3-1-2-10-28-19)25(23(32)34)8-11-31(12-9-25)24-29-18-7-4-15(27)13-20(18)30-24/h1-7,10,13-14,22,24,29-30,33H,8-9,11-12,27H2. The first kappa shape index (κ1) is 20.7. The maximum Gasteiger partial charge on any atom is 0.236 e. The van der Waals surface area contributed by atoms with E-state index in [2.05, 4.69) is 20.5 Å². The Kier molecular flexibility index (Phi) is 4.63. The van der Waals surface area contributed by atoms with Gasteiger partial charge in [0.1, 0.15) is 0 Å².